The summed E-state index contributed by atoms with van der Waals surface area (Å²) in [5.41, 5.74) is 2.59. The standard InChI is InChI=1S/C17H24O/c1-12(2)15-8-9-17(18)16(11-15)10-14-6-4-13(3)5-7-14/h4-7,12,15-16H,8-11H2,1-3H3. The normalized spacial score (nSPS) is 24.6. The SMILES string of the molecule is Cc1ccc(CC2CC(C(C)C)CCC2=O)cc1. The zero-order valence-electron chi connectivity index (χ0n) is 11.8. The lowest BCUT2D eigenvalue weighted by Crippen LogP contribution is -2.28. The number of hydrogen-bond donors (Lipinski definition) is 0. The molecule has 18 heavy (non-hydrogen) atoms. The molecule has 0 heterocycles. The van der Waals surface area contributed by atoms with Crippen LogP contribution >= 0.6 is 0 Å². The summed E-state index contributed by atoms with van der Waals surface area (Å²) in [6, 6.07) is 8.62. The maximum absolute atomic E-state index is 12.0. The van der Waals surface area contributed by atoms with E-state index in [-0.39, 0.29) is 5.92 Å². The molecular formula is C17H24O. The quantitative estimate of drug-likeness (QED) is 0.779. The Bertz CT molecular complexity index is 402. The minimum Gasteiger partial charge on any atom is -0.299 e. The van der Waals surface area contributed by atoms with Crippen LogP contribution in [-0.4, -0.2) is 5.78 Å². The fourth-order valence-electron chi connectivity index (χ4n) is 2.96. The Morgan fingerprint density at radius 1 is 1.22 bits per heavy atom. The summed E-state index contributed by atoms with van der Waals surface area (Å²) in [5, 5.41) is 0. The molecule has 0 aromatic heterocycles. The molecule has 1 nitrogen and oxygen atoms in total. The fourth-order valence-corrected chi connectivity index (χ4v) is 2.96. The molecule has 0 amide bonds. The number of aryl methyl sites for hydroxylation is 1. The van der Waals surface area contributed by atoms with Crippen LogP contribution in [0, 0.1) is 24.7 Å². The van der Waals surface area contributed by atoms with Gasteiger partial charge in [-0.15, -0.1) is 0 Å². The van der Waals surface area contributed by atoms with Crippen molar-refractivity contribution in [1.82, 2.24) is 0 Å². The summed E-state index contributed by atoms with van der Waals surface area (Å²) in [6.45, 7) is 6.66. The fraction of sp³-hybridized carbons (Fsp3) is 0.588. The van der Waals surface area contributed by atoms with Gasteiger partial charge in [0.05, 0.1) is 0 Å². The van der Waals surface area contributed by atoms with E-state index in [4.69, 9.17) is 0 Å². The smallest absolute Gasteiger partial charge is 0.136 e. The molecule has 1 aliphatic rings. The van der Waals surface area contributed by atoms with Gasteiger partial charge in [0.15, 0.2) is 0 Å². The number of hydrogen-bond acceptors (Lipinski definition) is 1. The second-order valence-corrected chi connectivity index (χ2v) is 6.13. The van der Waals surface area contributed by atoms with Crippen molar-refractivity contribution in [3.05, 3.63) is 35.4 Å². The van der Waals surface area contributed by atoms with Crippen LogP contribution in [0.25, 0.3) is 0 Å². The highest BCUT2D eigenvalue weighted by Gasteiger charge is 2.29. The Labute approximate surface area is 111 Å². The van der Waals surface area contributed by atoms with Crippen molar-refractivity contribution >= 4 is 5.78 Å². The molecule has 98 valence electrons. The van der Waals surface area contributed by atoms with E-state index >= 15 is 0 Å². The molecule has 1 aliphatic carbocycles. The summed E-state index contributed by atoms with van der Waals surface area (Å²) < 4.78 is 0. The van der Waals surface area contributed by atoms with E-state index in [2.05, 4.69) is 45.0 Å². The number of carbonyl (C=O) groups excluding carboxylic acids is 1. The Balaban J connectivity index is 2.02. The average Bonchev–Trinajstić information content (AvgIpc) is 2.34. The van der Waals surface area contributed by atoms with Gasteiger partial charge in [-0.05, 0) is 43.6 Å². The topological polar surface area (TPSA) is 17.1 Å². The van der Waals surface area contributed by atoms with Gasteiger partial charge in [-0.1, -0.05) is 43.7 Å². The molecule has 0 bridgehead atoms. The first kappa shape index (κ1) is 13.3. The average molecular weight is 244 g/mol. The summed E-state index contributed by atoms with van der Waals surface area (Å²) in [6.07, 6.45) is 3.91. The number of carbonyl (C=O) groups is 1. The molecular weight excluding hydrogens is 220 g/mol. The first-order valence-corrected chi connectivity index (χ1v) is 7.14. The van der Waals surface area contributed by atoms with Gasteiger partial charge in [0.2, 0.25) is 0 Å². The van der Waals surface area contributed by atoms with E-state index in [1.807, 2.05) is 0 Å². The maximum Gasteiger partial charge on any atom is 0.136 e. The first-order valence-electron chi connectivity index (χ1n) is 7.14. The number of ketones is 1. The van der Waals surface area contributed by atoms with Gasteiger partial charge in [-0.2, -0.15) is 0 Å². The highest BCUT2D eigenvalue weighted by atomic mass is 16.1. The number of rotatable bonds is 3. The molecule has 0 saturated heterocycles. The van der Waals surface area contributed by atoms with E-state index in [9.17, 15) is 4.79 Å². The maximum atomic E-state index is 12.0. The third-order valence-corrected chi connectivity index (χ3v) is 4.35. The van der Waals surface area contributed by atoms with Crippen molar-refractivity contribution in [1.29, 1.82) is 0 Å². The molecule has 0 aliphatic heterocycles. The minimum atomic E-state index is 0.258. The van der Waals surface area contributed by atoms with Gasteiger partial charge in [-0.3, -0.25) is 4.79 Å². The summed E-state index contributed by atoms with van der Waals surface area (Å²) in [7, 11) is 0. The van der Waals surface area contributed by atoms with E-state index in [0.717, 1.165) is 31.6 Å². The second-order valence-electron chi connectivity index (χ2n) is 6.13. The predicted molar refractivity (Wildman–Crippen MR) is 75.6 cm³/mol. The Hall–Kier alpha value is -1.11. The van der Waals surface area contributed by atoms with Crippen molar-refractivity contribution in [2.24, 2.45) is 17.8 Å². The van der Waals surface area contributed by atoms with Crippen LogP contribution in [0.3, 0.4) is 0 Å². The van der Waals surface area contributed by atoms with Crippen molar-refractivity contribution in [3.63, 3.8) is 0 Å². The zero-order valence-corrected chi connectivity index (χ0v) is 11.8. The summed E-state index contributed by atoms with van der Waals surface area (Å²) in [4.78, 5) is 12.0. The summed E-state index contributed by atoms with van der Waals surface area (Å²) >= 11 is 0. The van der Waals surface area contributed by atoms with Crippen LogP contribution in [0.2, 0.25) is 0 Å². The number of Topliss-reactive ketones (excluding diaryl/α,β-unsaturated/α-hetero) is 1. The van der Waals surface area contributed by atoms with Crippen LogP contribution < -0.4 is 0 Å². The van der Waals surface area contributed by atoms with Crippen molar-refractivity contribution in [2.45, 2.75) is 46.5 Å². The van der Waals surface area contributed by atoms with E-state index in [1.165, 1.54) is 11.1 Å². The molecule has 0 radical (unpaired) electrons. The Morgan fingerprint density at radius 2 is 1.89 bits per heavy atom. The molecule has 1 saturated carbocycles. The Kier molecular flexibility index (Phi) is 4.21. The van der Waals surface area contributed by atoms with E-state index in [1.54, 1.807) is 0 Å². The van der Waals surface area contributed by atoms with Crippen LogP contribution in [0.15, 0.2) is 24.3 Å². The first-order chi connectivity index (χ1) is 8.56. The molecule has 0 N–H and O–H groups in total. The van der Waals surface area contributed by atoms with Gasteiger partial charge in [0, 0.05) is 12.3 Å². The molecule has 1 aromatic rings. The highest BCUT2D eigenvalue weighted by Crippen LogP contribution is 2.33. The third kappa shape index (κ3) is 3.22. The third-order valence-electron chi connectivity index (χ3n) is 4.35. The van der Waals surface area contributed by atoms with Gasteiger partial charge in [-0.25, -0.2) is 0 Å². The molecule has 0 spiro atoms. The largest absolute Gasteiger partial charge is 0.299 e. The van der Waals surface area contributed by atoms with Crippen molar-refractivity contribution in [2.75, 3.05) is 0 Å². The minimum absolute atomic E-state index is 0.258. The zero-order chi connectivity index (χ0) is 13.1. The molecule has 1 aromatic carbocycles. The lowest BCUT2D eigenvalue weighted by atomic mass is 9.73. The molecule has 2 atom stereocenters. The van der Waals surface area contributed by atoms with Gasteiger partial charge in [0.25, 0.3) is 0 Å². The van der Waals surface area contributed by atoms with Crippen molar-refractivity contribution < 1.29 is 4.79 Å². The number of benzene rings is 1. The molecule has 1 fully saturated rings. The van der Waals surface area contributed by atoms with E-state index < -0.39 is 0 Å². The van der Waals surface area contributed by atoms with Crippen LogP contribution in [0.5, 0.6) is 0 Å². The second kappa shape index (κ2) is 5.69. The van der Waals surface area contributed by atoms with Crippen LogP contribution in [0.1, 0.15) is 44.2 Å². The van der Waals surface area contributed by atoms with Gasteiger partial charge < -0.3 is 0 Å². The van der Waals surface area contributed by atoms with Gasteiger partial charge in [0.1, 0.15) is 5.78 Å². The molecule has 1 heteroatoms. The van der Waals surface area contributed by atoms with Gasteiger partial charge >= 0.3 is 0 Å². The monoisotopic (exact) mass is 244 g/mol. The predicted octanol–water partition coefficient (Wildman–Crippen LogP) is 4.18. The molecule has 2 rings (SSSR count). The van der Waals surface area contributed by atoms with Crippen molar-refractivity contribution in [3.8, 4) is 0 Å². The highest BCUT2D eigenvalue weighted by molar-refractivity contribution is 5.82. The summed E-state index contributed by atoms with van der Waals surface area (Å²) in [5.74, 6) is 2.18. The lowest BCUT2D eigenvalue weighted by molar-refractivity contribution is -0.125. The van der Waals surface area contributed by atoms with E-state index in [0.29, 0.717) is 11.7 Å². The Morgan fingerprint density at radius 3 is 2.50 bits per heavy atom. The molecule has 2 unspecified atom stereocenters. The van der Waals surface area contributed by atoms with Crippen LogP contribution in [0.4, 0.5) is 0 Å². The van der Waals surface area contributed by atoms with Crippen LogP contribution in [-0.2, 0) is 11.2 Å². The lowest BCUT2D eigenvalue weighted by Gasteiger charge is -2.30.